The predicted octanol–water partition coefficient (Wildman–Crippen LogP) is 3.57. The molecule has 0 rings (SSSR count). The maximum atomic E-state index is 10.8. The van der Waals surface area contributed by atoms with Crippen LogP contribution in [-0.2, 0) is 9.53 Å². The molecule has 1 unspecified atom stereocenters. The molecule has 0 heterocycles. The van der Waals surface area contributed by atoms with Gasteiger partial charge >= 0.3 is 5.97 Å². The second-order valence-electron chi connectivity index (χ2n) is 4.99. The molecule has 0 aliphatic heterocycles. The Morgan fingerprint density at radius 1 is 1.53 bits per heavy atom. The lowest BCUT2D eigenvalue weighted by Crippen LogP contribution is -2.16. The molecule has 0 aromatic heterocycles. The molecule has 15 heavy (non-hydrogen) atoms. The Kier molecular flexibility index (Phi) is 6.30. The van der Waals surface area contributed by atoms with Crippen molar-refractivity contribution in [1.29, 1.82) is 0 Å². The first-order valence-corrected chi connectivity index (χ1v) is 5.70. The van der Waals surface area contributed by atoms with E-state index in [0.29, 0.717) is 17.9 Å². The van der Waals surface area contributed by atoms with Gasteiger partial charge in [0, 0.05) is 6.08 Å². The van der Waals surface area contributed by atoms with Crippen molar-refractivity contribution >= 4 is 5.97 Å². The Bertz CT molecular complexity index is 207. The van der Waals surface area contributed by atoms with Gasteiger partial charge in [-0.25, -0.2) is 4.79 Å². The first kappa shape index (κ1) is 14.2. The molecule has 0 spiro atoms. The van der Waals surface area contributed by atoms with Crippen LogP contribution < -0.4 is 0 Å². The summed E-state index contributed by atoms with van der Waals surface area (Å²) in [5.41, 5.74) is 0.391. The Morgan fingerprint density at radius 2 is 2.13 bits per heavy atom. The average Bonchev–Trinajstić information content (AvgIpc) is 2.16. The van der Waals surface area contributed by atoms with Crippen LogP contribution in [0.2, 0.25) is 0 Å². The molecule has 0 bridgehead atoms. The monoisotopic (exact) mass is 212 g/mol. The third kappa shape index (κ3) is 7.18. The number of hydrogen-bond acceptors (Lipinski definition) is 2. The molecule has 0 amide bonds. The van der Waals surface area contributed by atoms with Gasteiger partial charge in [-0.3, -0.25) is 0 Å². The largest absolute Gasteiger partial charge is 0.463 e. The number of rotatable bonds is 7. The van der Waals surface area contributed by atoms with Gasteiger partial charge < -0.3 is 4.74 Å². The van der Waals surface area contributed by atoms with E-state index in [4.69, 9.17) is 4.74 Å². The van der Waals surface area contributed by atoms with Crippen molar-refractivity contribution in [3.8, 4) is 0 Å². The zero-order valence-electron chi connectivity index (χ0n) is 10.5. The zero-order valence-corrected chi connectivity index (χ0v) is 10.5. The van der Waals surface area contributed by atoms with Gasteiger partial charge in [0.1, 0.15) is 0 Å². The minimum atomic E-state index is -0.322. The summed E-state index contributed by atoms with van der Waals surface area (Å²) in [7, 11) is 0. The summed E-state index contributed by atoms with van der Waals surface area (Å²) in [4.78, 5) is 10.8. The Morgan fingerprint density at radius 3 is 2.60 bits per heavy atom. The summed E-state index contributed by atoms with van der Waals surface area (Å²) in [6.45, 7) is 12.8. The van der Waals surface area contributed by atoms with E-state index in [9.17, 15) is 4.79 Å². The molecular formula is C13H24O2. The van der Waals surface area contributed by atoms with Gasteiger partial charge in [0.2, 0.25) is 0 Å². The predicted molar refractivity (Wildman–Crippen MR) is 63.6 cm³/mol. The van der Waals surface area contributed by atoms with Gasteiger partial charge in [0.25, 0.3) is 0 Å². The van der Waals surface area contributed by atoms with E-state index in [1.807, 2.05) is 0 Å². The summed E-state index contributed by atoms with van der Waals surface area (Å²) in [5.74, 6) is 0.273. The van der Waals surface area contributed by atoms with Crippen molar-refractivity contribution in [2.75, 3.05) is 6.61 Å². The van der Waals surface area contributed by atoms with Crippen LogP contribution in [0.5, 0.6) is 0 Å². The highest BCUT2D eigenvalue weighted by Gasteiger charge is 2.18. The molecule has 88 valence electrons. The van der Waals surface area contributed by atoms with E-state index < -0.39 is 0 Å². The molecule has 0 aliphatic carbocycles. The van der Waals surface area contributed by atoms with E-state index in [0.717, 1.165) is 6.42 Å². The van der Waals surface area contributed by atoms with Crippen LogP contribution in [0.1, 0.15) is 47.0 Å². The second kappa shape index (κ2) is 6.65. The summed E-state index contributed by atoms with van der Waals surface area (Å²) in [6.07, 6.45) is 4.50. The Balaban J connectivity index is 3.70. The van der Waals surface area contributed by atoms with E-state index in [1.54, 1.807) is 0 Å². The number of carbonyl (C=O) groups excluding carboxylic acids is 1. The van der Waals surface area contributed by atoms with Crippen molar-refractivity contribution in [1.82, 2.24) is 0 Å². The fourth-order valence-corrected chi connectivity index (χ4v) is 1.61. The lowest BCUT2D eigenvalue weighted by molar-refractivity contribution is -0.138. The molecule has 2 nitrogen and oxygen atoms in total. The van der Waals surface area contributed by atoms with E-state index in [1.165, 1.54) is 18.9 Å². The number of carbonyl (C=O) groups is 1. The van der Waals surface area contributed by atoms with Gasteiger partial charge in [-0.05, 0) is 24.2 Å². The van der Waals surface area contributed by atoms with Crippen molar-refractivity contribution in [2.24, 2.45) is 11.3 Å². The first-order chi connectivity index (χ1) is 6.91. The van der Waals surface area contributed by atoms with Crippen LogP contribution in [0, 0.1) is 11.3 Å². The normalized spacial score (nSPS) is 13.3. The summed E-state index contributed by atoms with van der Waals surface area (Å²) in [6, 6.07) is 0. The minimum Gasteiger partial charge on any atom is -0.463 e. The topological polar surface area (TPSA) is 26.3 Å². The molecule has 0 saturated heterocycles. The molecule has 0 radical (unpaired) electrons. The van der Waals surface area contributed by atoms with Crippen molar-refractivity contribution in [3.05, 3.63) is 12.7 Å². The van der Waals surface area contributed by atoms with E-state index >= 15 is 0 Å². The third-order valence-corrected chi connectivity index (χ3v) is 2.88. The molecule has 0 aliphatic rings. The fourth-order valence-electron chi connectivity index (χ4n) is 1.61. The van der Waals surface area contributed by atoms with Crippen LogP contribution in [0.4, 0.5) is 0 Å². The molecule has 0 N–H and O–H groups in total. The highest BCUT2D eigenvalue weighted by Crippen LogP contribution is 2.29. The minimum absolute atomic E-state index is 0.322. The fraction of sp³-hybridized carbons (Fsp3) is 0.769. The van der Waals surface area contributed by atoms with Crippen LogP contribution in [-0.4, -0.2) is 12.6 Å². The van der Waals surface area contributed by atoms with Crippen LogP contribution in [0.3, 0.4) is 0 Å². The standard InChI is InChI=1S/C13H24O2/c1-6-12(14)15-9-8-11(3)10-13(4,5)7-2/h6,11H,1,7-10H2,2-5H3. The van der Waals surface area contributed by atoms with Crippen LogP contribution in [0.25, 0.3) is 0 Å². The van der Waals surface area contributed by atoms with E-state index in [2.05, 4.69) is 34.3 Å². The maximum Gasteiger partial charge on any atom is 0.330 e. The Hall–Kier alpha value is -0.790. The van der Waals surface area contributed by atoms with Crippen LogP contribution >= 0.6 is 0 Å². The average molecular weight is 212 g/mol. The molecule has 0 aromatic rings. The van der Waals surface area contributed by atoms with Gasteiger partial charge in [-0.1, -0.05) is 40.7 Å². The molecule has 1 atom stereocenters. The lowest BCUT2D eigenvalue weighted by Gasteiger charge is -2.26. The Labute approximate surface area is 93.7 Å². The zero-order chi connectivity index (χ0) is 11.9. The quantitative estimate of drug-likeness (QED) is 0.476. The molecule has 0 aromatic carbocycles. The van der Waals surface area contributed by atoms with Crippen molar-refractivity contribution < 1.29 is 9.53 Å². The SMILES string of the molecule is C=CC(=O)OCCC(C)CC(C)(C)CC. The first-order valence-electron chi connectivity index (χ1n) is 5.70. The molecular weight excluding hydrogens is 188 g/mol. The van der Waals surface area contributed by atoms with Gasteiger partial charge in [-0.2, -0.15) is 0 Å². The molecule has 2 heteroatoms. The lowest BCUT2D eigenvalue weighted by atomic mass is 9.80. The third-order valence-electron chi connectivity index (χ3n) is 2.88. The number of hydrogen-bond donors (Lipinski definition) is 0. The molecule has 0 fully saturated rings. The summed E-state index contributed by atoms with van der Waals surface area (Å²) in [5, 5.41) is 0. The summed E-state index contributed by atoms with van der Waals surface area (Å²) >= 11 is 0. The smallest absolute Gasteiger partial charge is 0.330 e. The maximum absolute atomic E-state index is 10.8. The van der Waals surface area contributed by atoms with Gasteiger partial charge in [0.15, 0.2) is 0 Å². The van der Waals surface area contributed by atoms with Crippen molar-refractivity contribution in [2.45, 2.75) is 47.0 Å². The van der Waals surface area contributed by atoms with Crippen LogP contribution in [0.15, 0.2) is 12.7 Å². The highest BCUT2D eigenvalue weighted by atomic mass is 16.5. The van der Waals surface area contributed by atoms with Gasteiger partial charge in [-0.15, -0.1) is 0 Å². The number of ether oxygens (including phenoxy) is 1. The van der Waals surface area contributed by atoms with Gasteiger partial charge in [0.05, 0.1) is 6.61 Å². The molecule has 0 saturated carbocycles. The van der Waals surface area contributed by atoms with Crippen molar-refractivity contribution in [3.63, 3.8) is 0 Å². The van der Waals surface area contributed by atoms with E-state index in [-0.39, 0.29) is 5.97 Å². The highest BCUT2D eigenvalue weighted by molar-refractivity contribution is 5.81. The number of esters is 1. The summed E-state index contributed by atoms with van der Waals surface area (Å²) < 4.78 is 4.95. The second-order valence-corrected chi connectivity index (χ2v) is 4.99.